The third-order valence-corrected chi connectivity index (χ3v) is 4.77. The van der Waals surface area contributed by atoms with E-state index < -0.39 is 0 Å². The molecule has 0 aliphatic carbocycles. The summed E-state index contributed by atoms with van der Waals surface area (Å²) >= 11 is 6.15. The topological polar surface area (TPSA) is 70.1 Å². The van der Waals surface area contributed by atoms with Crippen LogP contribution in [0.3, 0.4) is 0 Å². The normalized spacial score (nSPS) is 17.8. The van der Waals surface area contributed by atoms with Crippen LogP contribution in [0, 0.1) is 6.92 Å². The summed E-state index contributed by atoms with van der Waals surface area (Å²) in [5, 5.41) is 10.5. The zero-order valence-corrected chi connectivity index (χ0v) is 14.3. The van der Waals surface area contributed by atoms with Gasteiger partial charge >= 0.3 is 0 Å². The van der Waals surface area contributed by atoms with Gasteiger partial charge in [0.05, 0.1) is 17.3 Å². The second-order valence-electron chi connectivity index (χ2n) is 6.21. The van der Waals surface area contributed by atoms with Crippen molar-refractivity contribution in [1.29, 1.82) is 0 Å². The maximum absolute atomic E-state index is 6.15. The van der Waals surface area contributed by atoms with Crippen molar-refractivity contribution in [2.75, 3.05) is 6.61 Å². The number of benzene rings is 1. The quantitative estimate of drug-likeness (QED) is 0.552. The van der Waals surface area contributed by atoms with Crippen LogP contribution in [-0.2, 0) is 4.74 Å². The Balaban J connectivity index is 1.70. The highest BCUT2D eigenvalue weighted by Gasteiger charge is 2.23. The summed E-state index contributed by atoms with van der Waals surface area (Å²) in [5.74, 6) is 0.707. The summed E-state index contributed by atoms with van der Waals surface area (Å²) in [4.78, 5) is 9.21. The Kier molecular flexibility index (Phi) is 3.26. The van der Waals surface area contributed by atoms with Crippen molar-refractivity contribution in [3.8, 4) is 5.69 Å². The van der Waals surface area contributed by atoms with Gasteiger partial charge in [0.25, 0.3) is 0 Å². The largest absolute Gasteiger partial charge is 0.370 e. The molecule has 1 aliphatic heterocycles. The Morgan fingerprint density at radius 3 is 3.04 bits per heavy atom. The lowest BCUT2D eigenvalue weighted by Gasteiger charge is -2.07. The molecule has 0 spiro atoms. The van der Waals surface area contributed by atoms with Gasteiger partial charge in [0.15, 0.2) is 17.1 Å². The second-order valence-corrected chi connectivity index (χ2v) is 6.65. The predicted molar refractivity (Wildman–Crippen MR) is 93.1 cm³/mol. The van der Waals surface area contributed by atoms with Crippen LogP contribution in [0.25, 0.3) is 22.4 Å². The van der Waals surface area contributed by atoms with E-state index in [1.165, 1.54) is 0 Å². The van der Waals surface area contributed by atoms with Crippen LogP contribution in [0.4, 0.5) is 0 Å². The lowest BCUT2D eigenvalue weighted by molar-refractivity contribution is 0.105. The second kappa shape index (κ2) is 5.50. The molecule has 4 aromatic rings. The first kappa shape index (κ1) is 14.8. The number of aromatic nitrogens is 6. The molecular weight excluding hydrogens is 340 g/mol. The molecule has 0 unspecified atom stereocenters. The summed E-state index contributed by atoms with van der Waals surface area (Å²) in [7, 11) is 0. The van der Waals surface area contributed by atoms with Gasteiger partial charge in [-0.25, -0.2) is 19.2 Å². The smallest absolute Gasteiger partial charge is 0.180 e. The van der Waals surface area contributed by atoms with Crippen molar-refractivity contribution in [2.24, 2.45) is 0 Å². The van der Waals surface area contributed by atoms with Crippen LogP contribution in [0.1, 0.15) is 30.3 Å². The zero-order valence-electron chi connectivity index (χ0n) is 13.6. The van der Waals surface area contributed by atoms with Gasteiger partial charge in [-0.05, 0) is 37.5 Å². The van der Waals surface area contributed by atoms with Crippen molar-refractivity contribution in [3.63, 3.8) is 0 Å². The highest BCUT2D eigenvalue weighted by Crippen LogP contribution is 2.28. The van der Waals surface area contributed by atoms with Gasteiger partial charge in [-0.15, -0.1) is 5.10 Å². The fourth-order valence-corrected chi connectivity index (χ4v) is 3.41. The lowest BCUT2D eigenvalue weighted by atomic mass is 10.2. The van der Waals surface area contributed by atoms with Gasteiger partial charge in [-0.1, -0.05) is 17.7 Å². The van der Waals surface area contributed by atoms with Crippen molar-refractivity contribution >= 4 is 28.3 Å². The Hall–Kier alpha value is -2.51. The highest BCUT2D eigenvalue weighted by atomic mass is 35.5. The SMILES string of the molecule is Cc1ccc(Cl)cc1-n1ncc2c1ncn1nc([C@@H]3CCCO3)nc21. The average Bonchev–Trinajstić information content (AvgIpc) is 3.34. The summed E-state index contributed by atoms with van der Waals surface area (Å²) < 4.78 is 9.17. The molecule has 1 aromatic carbocycles. The first-order valence-electron chi connectivity index (χ1n) is 8.18. The fraction of sp³-hybridized carbons (Fsp3) is 0.294. The van der Waals surface area contributed by atoms with Gasteiger partial charge in [0, 0.05) is 11.6 Å². The van der Waals surface area contributed by atoms with Crippen LogP contribution in [0.5, 0.6) is 0 Å². The van der Waals surface area contributed by atoms with E-state index in [0.717, 1.165) is 47.4 Å². The predicted octanol–water partition coefficient (Wildman–Crippen LogP) is 3.28. The first-order valence-corrected chi connectivity index (χ1v) is 8.55. The Morgan fingerprint density at radius 2 is 2.20 bits per heavy atom. The molecule has 0 N–H and O–H groups in total. The van der Waals surface area contributed by atoms with Crippen molar-refractivity contribution in [2.45, 2.75) is 25.9 Å². The van der Waals surface area contributed by atoms with E-state index in [9.17, 15) is 0 Å². The first-order chi connectivity index (χ1) is 12.2. The van der Waals surface area contributed by atoms with Crippen LogP contribution < -0.4 is 0 Å². The van der Waals surface area contributed by atoms with E-state index in [1.807, 2.05) is 25.1 Å². The van der Waals surface area contributed by atoms with E-state index in [4.69, 9.17) is 16.3 Å². The minimum atomic E-state index is -0.0276. The number of hydrogen-bond acceptors (Lipinski definition) is 5. The number of hydrogen-bond donors (Lipinski definition) is 0. The molecule has 0 amide bonds. The van der Waals surface area contributed by atoms with Crippen LogP contribution in [-0.4, -0.2) is 36.0 Å². The number of nitrogens with zero attached hydrogens (tertiary/aromatic N) is 6. The Morgan fingerprint density at radius 1 is 1.28 bits per heavy atom. The van der Waals surface area contributed by atoms with Gasteiger partial charge in [0.2, 0.25) is 0 Å². The molecule has 1 atom stereocenters. The maximum atomic E-state index is 6.15. The molecule has 0 radical (unpaired) electrons. The average molecular weight is 355 g/mol. The summed E-state index contributed by atoms with van der Waals surface area (Å²) in [6.45, 7) is 2.78. The maximum Gasteiger partial charge on any atom is 0.180 e. The van der Waals surface area contributed by atoms with Crippen LogP contribution in [0.15, 0.2) is 30.7 Å². The number of aryl methyl sites for hydroxylation is 1. The van der Waals surface area contributed by atoms with Gasteiger partial charge in [-0.3, -0.25) is 0 Å². The molecule has 7 nitrogen and oxygen atoms in total. The van der Waals surface area contributed by atoms with Gasteiger partial charge < -0.3 is 4.74 Å². The molecule has 4 heterocycles. The molecule has 25 heavy (non-hydrogen) atoms. The van der Waals surface area contributed by atoms with Gasteiger partial charge in [0.1, 0.15) is 12.4 Å². The van der Waals surface area contributed by atoms with Crippen molar-refractivity contribution in [1.82, 2.24) is 29.4 Å². The highest BCUT2D eigenvalue weighted by molar-refractivity contribution is 6.30. The molecule has 0 saturated carbocycles. The van der Waals surface area contributed by atoms with Crippen molar-refractivity contribution in [3.05, 3.63) is 47.1 Å². The van der Waals surface area contributed by atoms with Crippen LogP contribution >= 0.6 is 11.6 Å². The summed E-state index contributed by atoms with van der Waals surface area (Å²) in [5.41, 5.74) is 3.43. The standard InChI is InChI=1S/C17H15ClN6O/c1-10-4-5-11(18)7-13(10)24-16-12(8-20-24)17-21-15(14-3-2-6-25-14)22-23(17)9-19-16/h4-5,7-9,14H,2-3,6H2,1H3/t14-/m0/s1. The number of fused-ring (bicyclic) bond motifs is 3. The van der Waals surface area contributed by atoms with E-state index >= 15 is 0 Å². The molecule has 8 heteroatoms. The lowest BCUT2D eigenvalue weighted by Crippen LogP contribution is -2.01. The molecule has 126 valence electrons. The van der Waals surface area contributed by atoms with Crippen molar-refractivity contribution < 1.29 is 4.74 Å². The number of halogens is 1. The van der Waals surface area contributed by atoms with E-state index in [1.54, 1.807) is 21.7 Å². The molecule has 1 saturated heterocycles. The molecular formula is C17H15ClN6O. The Bertz CT molecular complexity index is 1100. The molecule has 1 fully saturated rings. The summed E-state index contributed by atoms with van der Waals surface area (Å²) in [6.07, 6.45) is 5.40. The van der Waals surface area contributed by atoms with E-state index in [0.29, 0.717) is 10.8 Å². The van der Waals surface area contributed by atoms with E-state index in [-0.39, 0.29) is 6.10 Å². The minimum Gasteiger partial charge on any atom is -0.370 e. The zero-order chi connectivity index (χ0) is 17.0. The number of ether oxygens (including phenoxy) is 1. The third-order valence-electron chi connectivity index (χ3n) is 4.54. The van der Waals surface area contributed by atoms with E-state index in [2.05, 4.69) is 20.2 Å². The summed E-state index contributed by atoms with van der Waals surface area (Å²) in [6, 6.07) is 5.72. The fourth-order valence-electron chi connectivity index (χ4n) is 3.24. The number of rotatable bonds is 2. The third kappa shape index (κ3) is 2.31. The van der Waals surface area contributed by atoms with Gasteiger partial charge in [-0.2, -0.15) is 5.10 Å². The molecule has 5 rings (SSSR count). The molecule has 3 aromatic heterocycles. The molecule has 1 aliphatic rings. The molecule has 0 bridgehead atoms. The Labute approximate surface area is 148 Å². The van der Waals surface area contributed by atoms with Crippen LogP contribution in [0.2, 0.25) is 5.02 Å². The monoisotopic (exact) mass is 354 g/mol. The minimum absolute atomic E-state index is 0.0276.